The summed E-state index contributed by atoms with van der Waals surface area (Å²) in [6, 6.07) is 2.06. The quantitative estimate of drug-likeness (QED) is 0.731. The fourth-order valence-electron chi connectivity index (χ4n) is 3.90. The van der Waals surface area contributed by atoms with Crippen molar-refractivity contribution in [3.8, 4) is 0 Å². The third kappa shape index (κ3) is 3.48. The third-order valence-electron chi connectivity index (χ3n) is 5.64. The molecule has 1 aliphatic rings. The largest absolute Gasteiger partial charge is 0.342 e. The molecule has 3 aromatic heterocycles. The predicted octanol–water partition coefficient (Wildman–Crippen LogP) is 2.90. The van der Waals surface area contributed by atoms with E-state index in [0.29, 0.717) is 24.9 Å². The fourth-order valence-corrected chi connectivity index (χ4v) is 4.88. The molecular weight excluding hydrogens is 374 g/mol. The Morgan fingerprint density at radius 2 is 2.18 bits per heavy atom. The number of aryl methyl sites for hydroxylation is 4. The van der Waals surface area contributed by atoms with E-state index in [9.17, 15) is 9.59 Å². The van der Waals surface area contributed by atoms with Crippen molar-refractivity contribution in [2.75, 3.05) is 13.1 Å². The van der Waals surface area contributed by atoms with Gasteiger partial charge in [0.05, 0.1) is 17.4 Å². The molecule has 4 heterocycles. The van der Waals surface area contributed by atoms with Crippen molar-refractivity contribution in [1.82, 2.24) is 24.6 Å². The number of nitrogens with zero attached hydrogens (tertiary/aromatic N) is 4. The molecule has 0 aliphatic carbocycles. The highest BCUT2D eigenvalue weighted by Gasteiger charge is 2.26. The molecule has 7 nitrogen and oxygen atoms in total. The van der Waals surface area contributed by atoms with Gasteiger partial charge >= 0.3 is 0 Å². The van der Waals surface area contributed by atoms with Crippen molar-refractivity contribution in [1.29, 1.82) is 0 Å². The van der Waals surface area contributed by atoms with E-state index in [-0.39, 0.29) is 17.4 Å². The van der Waals surface area contributed by atoms with Gasteiger partial charge in [-0.1, -0.05) is 0 Å². The molecule has 3 aromatic rings. The number of rotatable bonds is 4. The van der Waals surface area contributed by atoms with Gasteiger partial charge in [-0.15, -0.1) is 11.3 Å². The first-order valence-electron chi connectivity index (χ1n) is 9.69. The summed E-state index contributed by atoms with van der Waals surface area (Å²) in [6.45, 7) is 7.77. The maximum Gasteiger partial charge on any atom is 0.262 e. The molecule has 0 spiro atoms. The first-order valence-corrected chi connectivity index (χ1v) is 10.5. The van der Waals surface area contributed by atoms with Crippen molar-refractivity contribution < 1.29 is 4.79 Å². The number of H-pyrrole nitrogens is 1. The minimum absolute atomic E-state index is 0.0526. The molecule has 1 saturated heterocycles. The zero-order valence-electron chi connectivity index (χ0n) is 16.5. The SMILES string of the molecule is Cc1cc(C2CCCN(C(=O)CCn3cnc4sc(C)c(C)c4c3=O)C2)n[nH]1. The second-order valence-corrected chi connectivity index (χ2v) is 8.81. The van der Waals surface area contributed by atoms with Crippen molar-refractivity contribution in [3.63, 3.8) is 0 Å². The zero-order valence-corrected chi connectivity index (χ0v) is 17.3. The number of nitrogens with one attached hydrogen (secondary N) is 1. The first-order chi connectivity index (χ1) is 13.4. The monoisotopic (exact) mass is 399 g/mol. The predicted molar refractivity (Wildman–Crippen MR) is 110 cm³/mol. The van der Waals surface area contributed by atoms with Gasteiger partial charge in [-0.2, -0.15) is 5.10 Å². The Bertz CT molecular complexity index is 1080. The summed E-state index contributed by atoms with van der Waals surface area (Å²) >= 11 is 1.54. The number of aromatic nitrogens is 4. The number of likely N-dealkylation sites (tertiary alicyclic amines) is 1. The number of carbonyl (C=O) groups is 1. The number of aromatic amines is 1. The number of amides is 1. The van der Waals surface area contributed by atoms with Gasteiger partial charge in [-0.25, -0.2) is 4.98 Å². The average Bonchev–Trinajstić information content (AvgIpc) is 3.25. The van der Waals surface area contributed by atoms with Crippen LogP contribution in [0.3, 0.4) is 0 Å². The van der Waals surface area contributed by atoms with E-state index < -0.39 is 0 Å². The van der Waals surface area contributed by atoms with E-state index in [1.165, 1.54) is 0 Å². The number of fused-ring (bicyclic) bond motifs is 1. The summed E-state index contributed by atoms with van der Waals surface area (Å²) in [5.74, 6) is 0.363. The van der Waals surface area contributed by atoms with Crippen LogP contribution in [0.15, 0.2) is 17.2 Å². The van der Waals surface area contributed by atoms with E-state index in [1.807, 2.05) is 25.7 Å². The van der Waals surface area contributed by atoms with Crippen LogP contribution in [0.2, 0.25) is 0 Å². The second kappa shape index (κ2) is 7.50. The number of hydrogen-bond donors (Lipinski definition) is 1. The Balaban J connectivity index is 1.44. The van der Waals surface area contributed by atoms with Crippen LogP contribution in [0.5, 0.6) is 0 Å². The summed E-state index contributed by atoms with van der Waals surface area (Å²) in [4.78, 5) is 33.8. The van der Waals surface area contributed by atoms with E-state index in [4.69, 9.17) is 0 Å². The molecule has 0 bridgehead atoms. The van der Waals surface area contributed by atoms with Crippen molar-refractivity contribution in [2.24, 2.45) is 0 Å². The molecule has 1 atom stereocenters. The molecule has 0 aromatic carbocycles. The molecule has 1 aliphatic heterocycles. The standard InChI is InChI=1S/C20H25N5O2S/c1-12-9-16(23-22-12)15-5-4-7-24(10-15)17(26)6-8-25-11-21-19-18(20(25)27)13(2)14(3)28-19/h9,11,15H,4-8,10H2,1-3H3,(H,22,23). The lowest BCUT2D eigenvalue weighted by atomic mass is 9.94. The Morgan fingerprint density at radius 1 is 1.36 bits per heavy atom. The van der Waals surface area contributed by atoms with Crippen LogP contribution in [-0.2, 0) is 11.3 Å². The normalized spacial score (nSPS) is 17.4. The lowest BCUT2D eigenvalue weighted by molar-refractivity contribution is -0.132. The maximum absolute atomic E-state index is 12.8. The molecule has 8 heteroatoms. The van der Waals surface area contributed by atoms with Crippen LogP contribution in [0, 0.1) is 20.8 Å². The number of hydrogen-bond acceptors (Lipinski definition) is 5. The highest BCUT2D eigenvalue weighted by molar-refractivity contribution is 7.18. The zero-order chi connectivity index (χ0) is 19.8. The molecule has 28 heavy (non-hydrogen) atoms. The third-order valence-corrected chi connectivity index (χ3v) is 6.76. The Labute approximate surface area is 167 Å². The maximum atomic E-state index is 12.8. The molecule has 0 radical (unpaired) electrons. The number of piperidine rings is 1. The van der Waals surface area contributed by atoms with E-state index in [2.05, 4.69) is 21.2 Å². The van der Waals surface area contributed by atoms with E-state index >= 15 is 0 Å². The lowest BCUT2D eigenvalue weighted by Crippen LogP contribution is -2.39. The topological polar surface area (TPSA) is 83.9 Å². The van der Waals surface area contributed by atoms with E-state index in [1.54, 1.807) is 22.2 Å². The van der Waals surface area contributed by atoms with Crippen LogP contribution in [0.4, 0.5) is 0 Å². The van der Waals surface area contributed by atoms with Crippen LogP contribution < -0.4 is 5.56 Å². The molecule has 148 valence electrons. The van der Waals surface area contributed by atoms with Gasteiger partial charge in [0, 0.05) is 42.5 Å². The molecule has 0 saturated carbocycles. The van der Waals surface area contributed by atoms with Crippen LogP contribution >= 0.6 is 11.3 Å². The van der Waals surface area contributed by atoms with Crippen LogP contribution in [0.25, 0.3) is 10.2 Å². The highest BCUT2D eigenvalue weighted by atomic mass is 32.1. The second-order valence-electron chi connectivity index (χ2n) is 7.61. The average molecular weight is 400 g/mol. The smallest absolute Gasteiger partial charge is 0.262 e. The van der Waals surface area contributed by atoms with Crippen molar-refractivity contribution in [3.05, 3.63) is 44.6 Å². The van der Waals surface area contributed by atoms with Crippen molar-refractivity contribution in [2.45, 2.75) is 52.5 Å². The van der Waals surface area contributed by atoms with Gasteiger partial charge in [-0.05, 0) is 45.2 Å². The summed E-state index contributed by atoms with van der Waals surface area (Å²) < 4.78 is 1.57. The first kappa shape index (κ1) is 18.9. The van der Waals surface area contributed by atoms with Gasteiger partial charge in [0.25, 0.3) is 5.56 Å². The van der Waals surface area contributed by atoms with Gasteiger partial charge in [-0.3, -0.25) is 19.3 Å². The van der Waals surface area contributed by atoms with Crippen LogP contribution in [0.1, 0.15) is 47.0 Å². The van der Waals surface area contributed by atoms with Gasteiger partial charge in [0.2, 0.25) is 5.91 Å². The minimum Gasteiger partial charge on any atom is -0.342 e. The fraction of sp³-hybridized carbons (Fsp3) is 0.500. The van der Waals surface area contributed by atoms with Gasteiger partial charge in [0.15, 0.2) is 0 Å². The van der Waals surface area contributed by atoms with Gasteiger partial charge < -0.3 is 4.90 Å². The van der Waals surface area contributed by atoms with Crippen LogP contribution in [-0.4, -0.2) is 43.6 Å². The van der Waals surface area contributed by atoms with E-state index in [0.717, 1.165) is 46.0 Å². The summed E-state index contributed by atoms with van der Waals surface area (Å²) in [5, 5.41) is 8.03. The van der Waals surface area contributed by atoms with Crippen molar-refractivity contribution >= 4 is 27.5 Å². The minimum atomic E-state index is -0.0526. The molecule has 1 fully saturated rings. The Morgan fingerprint density at radius 3 is 2.93 bits per heavy atom. The van der Waals surface area contributed by atoms with Gasteiger partial charge in [0.1, 0.15) is 4.83 Å². The Hall–Kier alpha value is -2.48. The summed E-state index contributed by atoms with van der Waals surface area (Å²) in [6.07, 6.45) is 3.90. The summed E-state index contributed by atoms with van der Waals surface area (Å²) in [7, 11) is 0. The molecule has 4 rings (SSSR count). The molecule has 1 N–H and O–H groups in total. The molecular formula is C20H25N5O2S. The Kier molecular flexibility index (Phi) is 5.05. The highest BCUT2D eigenvalue weighted by Crippen LogP contribution is 2.27. The number of carbonyl (C=O) groups excluding carboxylic acids is 1. The molecule has 1 amide bonds. The lowest BCUT2D eigenvalue weighted by Gasteiger charge is -2.32. The number of thiophene rings is 1. The summed E-state index contributed by atoms with van der Waals surface area (Å²) in [5.41, 5.74) is 3.01. The molecule has 1 unspecified atom stereocenters.